The summed E-state index contributed by atoms with van der Waals surface area (Å²) in [6.45, 7) is 1.86. The van der Waals surface area contributed by atoms with Crippen molar-refractivity contribution >= 4 is 39.9 Å². The number of carbonyl (C=O) groups excluding carboxylic acids is 1. The van der Waals surface area contributed by atoms with E-state index < -0.39 is 0 Å². The van der Waals surface area contributed by atoms with Gasteiger partial charge in [0.2, 0.25) is 5.91 Å². The lowest BCUT2D eigenvalue weighted by Crippen LogP contribution is -2.30. The van der Waals surface area contributed by atoms with Crippen LogP contribution in [0.5, 0.6) is 5.75 Å². The van der Waals surface area contributed by atoms with Crippen molar-refractivity contribution < 1.29 is 9.53 Å². The average Bonchev–Trinajstić information content (AvgIpc) is 2.53. The Morgan fingerprint density at radius 1 is 1.44 bits per heavy atom. The largest absolute Gasteiger partial charge is 0.495 e. The molecule has 5 heteroatoms. The first-order valence-corrected chi connectivity index (χ1v) is 6.11. The maximum Gasteiger partial charge on any atom is 0.246 e. The Hall–Kier alpha value is -1.07. The van der Waals surface area contributed by atoms with Crippen LogP contribution in [0.3, 0.4) is 0 Å². The van der Waals surface area contributed by atoms with E-state index in [4.69, 9.17) is 17.0 Å². The molecular formula is C11H11NO2S2. The quantitative estimate of drug-likeness (QED) is 0.757. The molecule has 1 aromatic rings. The zero-order chi connectivity index (χ0) is 11.7. The number of carbonyl (C=O) groups is 1. The summed E-state index contributed by atoms with van der Waals surface area (Å²) in [7, 11) is 1.58. The van der Waals surface area contributed by atoms with Crippen LogP contribution < -0.4 is 9.64 Å². The summed E-state index contributed by atoms with van der Waals surface area (Å²) < 4.78 is 5.81. The van der Waals surface area contributed by atoms with E-state index in [0.717, 1.165) is 5.69 Å². The maximum absolute atomic E-state index is 11.9. The fourth-order valence-corrected chi connectivity index (χ4v) is 2.98. The van der Waals surface area contributed by atoms with E-state index >= 15 is 0 Å². The fourth-order valence-electron chi connectivity index (χ4n) is 1.56. The van der Waals surface area contributed by atoms with Crippen molar-refractivity contribution in [1.82, 2.24) is 0 Å². The van der Waals surface area contributed by atoms with Gasteiger partial charge in [-0.05, 0) is 19.1 Å². The number of amides is 1. The monoisotopic (exact) mass is 253 g/mol. The predicted octanol–water partition coefficient (Wildman–Crippen LogP) is 2.45. The van der Waals surface area contributed by atoms with Gasteiger partial charge < -0.3 is 4.74 Å². The summed E-state index contributed by atoms with van der Waals surface area (Å²) in [4.78, 5) is 13.5. The van der Waals surface area contributed by atoms with Crippen LogP contribution >= 0.6 is 24.0 Å². The first kappa shape index (κ1) is 11.4. The fraction of sp³-hybridized carbons (Fsp3) is 0.273. The Labute approximate surface area is 104 Å². The molecule has 0 radical (unpaired) electrons. The summed E-state index contributed by atoms with van der Waals surface area (Å²) in [5.74, 6) is 0.674. The molecule has 0 unspecified atom stereocenters. The number of ether oxygens (including phenoxy) is 1. The van der Waals surface area contributed by atoms with Crippen molar-refractivity contribution in [1.29, 1.82) is 0 Å². The molecule has 0 aromatic heterocycles. The second-order valence-corrected chi connectivity index (χ2v) is 5.35. The third kappa shape index (κ3) is 1.81. The number of thioether (sulfide) groups is 1. The number of hydrogen-bond acceptors (Lipinski definition) is 4. The smallest absolute Gasteiger partial charge is 0.246 e. The van der Waals surface area contributed by atoms with Crippen LogP contribution in [-0.4, -0.2) is 22.6 Å². The maximum atomic E-state index is 11.9. The van der Waals surface area contributed by atoms with Crippen LogP contribution in [0.15, 0.2) is 24.3 Å². The van der Waals surface area contributed by atoms with E-state index in [9.17, 15) is 4.79 Å². The minimum atomic E-state index is -0.114. The number of thiocarbonyl (C=S) groups is 1. The summed E-state index contributed by atoms with van der Waals surface area (Å²) >= 11 is 6.60. The van der Waals surface area contributed by atoms with Gasteiger partial charge in [0.05, 0.1) is 18.0 Å². The molecule has 0 N–H and O–H groups in total. The van der Waals surface area contributed by atoms with E-state index in [1.165, 1.54) is 11.8 Å². The molecule has 16 heavy (non-hydrogen) atoms. The Morgan fingerprint density at radius 3 is 2.69 bits per heavy atom. The number of anilines is 1. The van der Waals surface area contributed by atoms with Crippen LogP contribution in [0, 0.1) is 0 Å². The molecule has 3 nitrogen and oxygen atoms in total. The van der Waals surface area contributed by atoms with Crippen molar-refractivity contribution in [3.63, 3.8) is 0 Å². The second-order valence-electron chi connectivity index (χ2n) is 3.37. The molecule has 1 aliphatic heterocycles. The molecule has 0 spiro atoms. The van der Waals surface area contributed by atoms with Crippen LogP contribution in [0.2, 0.25) is 0 Å². The molecule has 0 bridgehead atoms. The van der Waals surface area contributed by atoms with Crippen molar-refractivity contribution in [3.8, 4) is 5.75 Å². The van der Waals surface area contributed by atoms with Crippen LogP contribution in [0.1, 0.15) is 6.92 Å². The molecule has 1 heterocycles. The summed E-state index contributed by atoms with van der Waals surface area (Å²) in [5, 5.41) is -0.114. The van der Waals surface area contributed by atoms with Crippen LogP contribution in [0.4, 0.5) is 5.69 Å². The average molecular weight is 253 g/mol. The molecule has 2 rings (SSSR count). The van der Waals surface area contributed by atoms with Gasteiger partial charge in [-0.2, -0.15) is 0 Å². The van der Waals surface area contributed by atoms with Crippen molar-refractivity contribution in [2.24, 2.45) is 0 Å². The third-order valence-corrected chi connectivity index (χ3v) is 3.77. The molecule has 1 amide bonds. The van der Waals surface area contributed by atoms with E-state index in [2.05, 4.69) is 0 Å². The van der Waals surface area contributed by atoms with E-state index in [1.807, 2.05) is 31.2 Å². The molecule has 1 aliphatic rings. The lowest BCUT2D eigenvalue weighted by atomic mass is 10.2. The van der Waals surface area contributed by atoms with Crippen LogP contribution in [0.25, 0.3) is 0 Å². The number of hydrogen-bond donors (Lipinski definition) is 0. The zero-order valence-corrected chi connectivity index (χ0v) is 10.6. The molecule has 1 fully saturated rings. The van der Waals surface area contributed by atoms with Gasteiger partial charge in [-0.15, -0.1) is 0 Å². The van der Waals surface area contributed by atoms with Crippen molar-refractivity contribution in [3.05, 3.63) is 24.3 Å². The van der Waals surface area contributed by atoms with Crippen LogP contribution in [-0.2, 0) is 4.79 Å². The van der Waals surface area contributed by atoms with Crippen molar-refractivity contribution in [2.45, 2.75) is 12.2 Å². The van der Waals surface area contributed by atoms with E-state index in [0.29, 0.717) is 10.1 Å². The highest BCUT2D eigenvalue weighted by Gasteiger charge is 2.36. The Morgan fingerprint density at radius 2 is 2.12 bits per heavy atom. The van der Waals surface area contributed by atoms with Gasteiger partial charge in [0.25, 0.3) is 0 Å². The number of benzene rings is 1. The van der Waals surface area contributed by atoms with Gasteiger partial charge in [-0.25, -0.2) is 0 Å². The van der Waals surface area contributed by atoms with Gasteiger partial charge in [0.1, 0.15) is 10.1 Å². The first-order chi connectivity index (χ1) is 7.65. The van der Waals surface area contributed by atoms with Gasteiger partial charge in [-0.3, -0.25) is 9.69 Å². The highest BCUT2D eigenvalue weighted by atomic mass is 32.2. The van der Waals surface area contributed by atoms with Gasteiger partial charge in [-0.1, -0.05) is 36.1 Å². The van der Waals surface area contributed by atoms with E-state index in [1.54, 1.807) is 12.0 Å². The molecule has 1 aromatic carbocycles. The number of methoxy groups -OCH3 is 1. The number of para-hydroxylation sites is 2. The highest BCUT2D eigenvalue weighted by Crippen LogP contribution is 2.36. The highest BCUT2D eigenvalue weighted by molar-refractivity contribution is 8.25. The van der Waals surface area contributed by atoms with E-state index in [-0.39, 0.29) is 11.2 Å². The number of rotatable bonds is 2. The molecule has 84 valence electrons. The minimum absolute atomic E-state index is 0.0134. The molecule has 0 aliphatic carbocycles. The standard InChI is InChI=1S/C11H11NO2S2/c1-7-10(13)12(11(15)16-7)8-5-3-4-6-9(8)14-2/h3-7H,1-2H3/t7-/m1/s1. The second kappa shape index (κ2) is 4.43. The van der Waals surface area contributed by atoms with Gasteiger partial charge >= 0.3 is 0 Å². The first-order valence-electron chi connectivity index (χ1n) is 4.82. The lowest BCUT2D eigenvalue weighted by Gasteiger charge is -2.18. The number of nitrogens with zero attached hydrogens (tertiary/aromatic N) is 1. The Bertz CT molecular complexity index is 447. The molecule has 1 saturated heterocycles. The normalized spacial score (nSPS) is 20.4. The van der Waals surface area contributed by atoms with Gasteiger partial charge in [0, 0.05) is 0 Å². The minimum Gasteiger partial charge on any atom is -0.495 e. The Kier molecular flexibility index (Phi) is 3.16. The Balaban J connectivity index is 2.44. The SMILES string of the molecule is COc1ccccc1N1C(=O)[C@@H](C)SC1=S. The summed E-state index contributed by atoms with van der Waals surface area (Å²) in [6, 6.07) is 7.38. The van der Waals surface area contributed by atoms with Gasteiger partial charge in [0.15, 0.2) is 0 Å². The van der Waals surface area contributed by atoms with Crippen molar-refractivity contribution in [2.75, 3.05) is 12.0 Å². The topological polar surface area (TPSA) is 29.5 Å². The predicted molar refractivity (Wildman–Crippen MR) is 70.1 cm³/mol. The zero-order valence-electron chi connectivity index (χ0n) is 8.97. The molecular weight excluding hydrogens is 242 g/mol. The molecule has 0 saturated carbocycles. The lowest BCUT2D eigenvalue weighted by molar-refractivity contribution is -0.116. The molecule has 1 atom stereocenters. The third-order valence-electron chi connectivity index (χ3n) is 2.35. The summed E-state index contributed by atoms with van der Waals surface area (Å²) in [5.41, 5.74) is 0.719. The summed E-state index contributed by atoms with van der Waals surface area (Å²) in [6.07, 6.45) is 0.